The predicted molar refractivity (Wildman–Crippen MR) is 142 cm³/mol. The second kappa shape index (κ2) is 13.5. The van der Waals surface area contributed by atoms with Gasteiger partial charge >= 0.3 is 6.03 Å². The van der Waals surface area contributed by atoms with Crippen molar-refractivity contribution in [1.82, 2.24) is 9.80 Å². The SMILES string of the molecule is COCCN(CC(=O)N(Cc1ccccc1)Cc1ccc(C)s1)C(=O)Nc1cc(OC)cc(OC)c1. The van der Waals surface area contributed by atoms with E-state index in [9.17, 15) is 9.59 Å². The molecule has 0 atom stereocenters. The molecule has 0 fully saturated rings. The van der Waals surface area contributed by atoms with E-state index in [2.05, 4.69) is 5.32 Å². The first-order chi connectivity index (χ1) is 17.4. The molecule has 0 radical (unpaired) electrons. The molecular weight excluding hydrogens is 478 g/mol. The lowest BCUT2D eigenvalue weighted by Crippen LogP contribution is -2.45. The van der Waals surface area contributed by atoms with Gasteiger partial charge in [-0.3, -0.25) is 4.79 Å². The third kappa shape index (κ3) is 8.00. The van der Waals surface area contributed by atoms with Gasteiger partial charge in [-0.15, -0.1) is 11.3 Å². The van der Waals surface area contributed by atoms with Crippen molar-refractivity contribution in [2.75, 3.05) is 46.3 Å². The summed E-state index contributed by atoms with van der Waals surface area (Å²) < 4.78 is 15.8. The monoisotopic (exact) mass is 511 g/mol. The molecule has 192 valence electrons. The fourth-order valence-electron chi connectivity index (χ4n) is 3.59. The molecule has 1 N–H and O–H groups in total. The number of methoxy groups -OCH3 is 3. The average Bonchev–Trinajstić information content (AvgIpc) is 3.30. The predicted octanol–water partition coefficient (Wildman–Crippen LogP) is 4.78. The lowest BCUT2D eigenvalue weighted by atomic mass is 10.2. The van der Waals surface area contributed by atoms with Gasteiger partial charge in [-0.05, 0) is 24.6 Å². The van der Waals surface area contributed by atoms with Crippen LogP contribution in [-0.2, 0) is 22.6 Å². The van der Waals surface area contributed by atoms with Gasteiger partial charge < -0.3 is 29.3 Å². The summed E-state index contributed by atoms with van der Waals surface area (Å²) in [6.07, 6.45) is 0. The third-order valence-electron chi connectivity index (χ3n) is 5.49. The number of nitrogens with one attached hydrogen (secondary N) is 1. The van der Waals surface area contributed by atoms with Crippen molar-refractivity contribution >= 4 is 29.0 Å². The number of anilines is 1. The van der Waals surface area contributed by atoms with Gasteiger partial charge in [0.15, 0.2) is 0 Å². The molecule has 9 heteroatoms. The van der Waals surface area contributed by atoms with E-state index < -0.39 is 6.03 Å². The summed E-state index contributed by atoms with van der Waals surface area (Å²) in [5.41, 5.74) is 1.52. The van der Waals surface area contributed by atoms with Crippen molar-refractivity contribution in [2.45, 2.75) is 20.0 Å². The molecule has 1 heterocycles. The minimum Gasteiger partial charge on any atom is -0.497 e. The number of benzene rings is 2. The quantitative estimate of drug-likeness (QED) is 0.378. The molecule has 0 bridgehead atoms. The van der Waals surface area contributed by atoms with Crippen LogP contribution in [0.5, 0.6) is 11.5 Å². The molecule has 2 aromatic carbocycles. The van der Waals surface area contributed by atoms with Crippen molar-refractivity contribution in [3.05, 3.63) is 76.0 Å². The highest BCUT2D eigenvalue weighted by molar-refractivity contribution is 7.11. The maximum atomic E-state index is 13.5. The standard InChI is InChI=1S/C27H33N3O5S/c1-20-10-11-25(36-20)18-30(17-21-8-6-5-7-9-21)26(31)19-29(12-13-33-2)27(32)28-22-14-23(34-3)16-24(15-22)35-4/h5-11,14-16H,12-13,17-19H2,1-4H3,(H,28,32). The minimum atomic E-state index is -0.415. The Morgan fingerprint density at radius 3 is 2.17 bits per heavy atom. The van der Waals surface area contributed by atoms with Crippen molar-refractivity contribution in [3.8, 4) is 11.5 Å². The van der Waals surface area contributed by atoms with Crippen LogP contribution in [0.4, 0.5) is 10.5 Å². The first-order valence-corrected chi connectivity index (χ1v) is 12.4. The molecule has 0 saturated carbocycles. The topological polar surface area (TPSA) is 80.3 Å². The number of amides is 3. The van der Waals surface area contributed by atoms with E-state index >= 15 is 0 Å². The van der Waals surface area contributed by atoms with Crippen LogP contribution in [-0.4, -0.2) is 62.8 Å². The summed E-state index contributed by atoms with van der Waals surface area (Å²) >= 11 is 1.66. The number of hydrogen-bond donors (Lipinski definition) is 1. The molecule has 0 aliphatic heterocycles. The Morgan fingerprint density at radius 1 is 0.889 bits per heavy atom. The van der Waals surface area contributed by atoms with Crippen LogP contribution in [0.25, 0.3) is 0 Å². The second-order valence-corrected chi connectivity index (χ2v) is 9.57. The molecule has 8 nitrogen and oxygen atoms in total. The van der Waals surface area contributed by atoms with Crippen LogP contribution in [0.15, 0.2) is 60.7 Å². The van der Waals surface area contributed by atoms with E-state index in [0.29, 0.717) is 36.9 Å². The number of carbonyl (C=O) groups is 2. The zero-order valence-electron chi connectivity index (χ0n) is 21.2. The highest BCUT2D eigenvalue weighted by Crippen LogP contribution is 2.26. The molecule has 3 amide bonds. The molecule has 3 aromatic rings. The second-order valence-electron chi connectivity index (χ2n) is 8.19. The lowest BCUT2D eigenvalue weighted by Gasteiger charge is -2.28. The molecule has 0 aliphatic carbocycles. The lowest BCUT2D eigenvalue weighted by molar-refractivity contribution is -0.133. The first kappa shape index (κ1) is 27.0. The number of ether oxygens (including phenoxy) is 3. The van der Waals surface area contributed by atoms with Crippen molar-refractivity contribution < 1.29 is 23.8 Å². The van der Waals surface area contributed by atoms with Gasteiger partial charge in [0, 0.05) is 53.8 Å². The fourth-order valence-corrected chi connectivity index (χ4v) is 4.50. The molecule has 0 unspecified atom stereocenters. The minimum absolute atomic E-state index is 0.0898. The summed E-state index contributed by atoms with van der Waals surface area (Å²) in [6, 6.07) is 18.6. The van der Waals surface area contributed by atoms with Gasteiger partial charge in [0.2, 0.25) is 5.91 Å². The average molecular weight is 512 g/mol. The maximum Gasteiger partial charge on any atom is 0.322 e. The van der Waals surface area contributed by atoms with Crippen LogP contribution in [0.1, 0.15) is 15.3 Å². The van der Waals surface area contributed by atoms with Gasteiger partial charge in [0.25, 0.3) is 0 Å². The van der Waals surface area contributed by atoms with Gasteiger partial charge in [-0.2, -0.15) is 0 Å². The Bertz CT molecular complexity index is 1110. The van der Waals surface area contributed by atoms with Crippen molar-refractivity contribution in [1.29, 1.82) is 0 Å². The molecule has 3 rings (SSSR count). The van der Waals surface area contributed by atoms with Gasteiger partial charge in [-0.25, -0.2) is 4.79 Å². The molecule has 1 aromatic heterocycles. The summed E-state index contributed by atoms with van der Waals surface area (Å²) in [7, 11) is 4.65. The van der Waals surface area contributed by atoms with E-state index in [4.69, 9.17) is 14.2 Å². The Morgan fingerprint density at radius 2 is 1.58 bits per heavy atom. The van der Waals surface area contributed by atoms with E-state index in [0.717, 1.165) is 10.4 Å². The smallest absolute Gasteiger partial charge is 0.322 e. The number of carbonyl (C=O) groups excluding carboxylic acids is 2. The zero-order chi connectivity index (χ0) is 25.9. The Kier molecular flexibility index (Phi) is 10.1. The van der Waals surface area contributed by atoms with Crippen LogP contribution in [0, 0.1) is 6.92 Å². The van der Waals surface area contributed by atoms with Crippen LogP contribution < -0.4 is 14.8 Å². The van der Waals surface area contributed by atoms with E-state index in [1.807, 2.05) is 49.4 Å². The number of aryl methyl sites for hydroxylation is 1. The molecular formula is C27H33N3O5S. The van der Waals surface area contributed by atoms with Gasteiger partial charge in [-0.1, -0.05) is 30.3 Å². The van der Waals surface area contributed by atoms with Gasteiger partial charge in [0.1, 0.15) is 18.0 Å². The van der Waals surface area contributed by atoms with E-state index in [1.54, 1.807) is 55.8 Å². The number of thiophene rings is 1. The highest BCUT2D eigenvalue weighted by atomic mass is 32.1. The summed E-state index contributed by atoms with van der Waals surface area (Å²) in [6.45, 7) is 3.43. The first-order valence-electron chi connectivity index (χ1n) is 11.6. The van der Waals surface area contributed by atoms with Crippen LogP contribution in [0.2, 0.25) is 0 Å². The summed E-state index contributed by atoms with van der Waals surface area (Å²) in [5, 5.41) is 2.85. The Hall–Kier alpha value is -3.56. The zero-order valence-corrected chi connectivity index (χ0v) is 22.0. The normalized spacial score (nSPS) is 10.6. The Balaban J connectivity index is 1.77. The fraction of sp³-hybridized carbons (Fsp3) is 0.333. The van der Waals surface area contributed by atoms with E-state index in [-0.39, 0.29) is 19.0 Å². The largest absolute Gasteiger partial charge is 0.497 e. The van der Waals surface area contributed by atoms with Gasteiger partial charge in [0.05, 0.1) is 27.4 Å². The molecule has 0 spiro atoms. The maximum absolute atomic E-state index is 13.5. The molecule has 36 heavy (non-hydrogen) atoms. The number of rotatable bonds is 12. The number of urea groups is 1. The van der Waals surface area contributed by atoms with Crippen molar-refractivity contribution in [3.63, 3.8) is 0 Å². The van der Waals surface area contributed by atoms with Crippen molar-refractivity contribution in [2.24, 2.45) is 0 Å². The van der Waals surface area contributed by atoms with Crippen LogP contribution >= 0.6 is 11.3 Å². The number of hydrogen-bond acceptors (Lipinski definition) is 6. The third-order valence-corrected chi connectivity index (χ3v) is 6.48. The molecule has 0 saturated heterocycles. The van der Waals surface area contributed by atoms with E-state index in [1.165, 1.54) is 9.78 Å². The summed E-state index contributed by atoms with van der Waals surface area (Å²) in [4.78, 5) is 32.2. The Labute approximate surface area is 216 Å². The van der Waals surface area contributed by atoms with Crippen LogP contribution in [0.3, 0.4) is 0 Å². The number of nitrogens with zero attached hydrogens (tertiary/aromatic N) is 2. The summed E-state index contributed by atoms with van der Waals surface area (Å²) in [5.74, 6) is 0.938. The highest BCUT2D eigenvalue weighted by Gasteiger charge is 2.23. The molecule has 0 aliphatic rings.